The average molecular weight is 341 g/mol. The van der Waals surface area contributed by atoms with E-state index in [0.29, 0.717) is 11.3 Å². The zero-order chi connectivity index (χ0) is 17.3. The molecule has 0 N–H and O–H groups in total. The molecule has 124 valence electrons. The van der Waals surface area contributed by atoms with E-state index in [1.54, 1.807) is 17.0 Å². The molecule has 0 fully saturated rings. The van der Waals surface area contributed by atoms with E-state index >= 15 is 0 Å². The monoisotopic (exact) mass is 341 g/mol. The first kappa shape index (κ1) is 16.5. The zero-order valence-electron chi connectivity index (χ0n) is 13.6. The van der Waals surface area contributed by atoms with Gasteiger partial charge in [-0.05, 0) is 43.7 Å². The van der Waals surface area contributed by atoms with Gasteiger partial charge in [-0.3, -0.25) is 4.79 Å². The molecule has 2 aromatic rings. The molecule has 5 heteroatoms. The summed E-state index contributed by atoms with van der Waals surface area (Å²) >= 11 is 0. The van der Waals surface area contributed by atoms with E-state index in [-0.39, 0.29) is 11.7 Å². The van der Waals surface area contributed by atoms with Crippen molar-refractivity contribution in [3.63, 3.8) is 0 Å². The Morgan fingerprint density at radius 2 is 1.71 bits per heavy atom. The first-order valence-corrected chi connectivity index (χ1v) is 9.46. The fourth-order valence-corrected chi connectivity index (χ4v) is 4.10. The van der Waals surface area contributed by atoms with Gasteiger partial charge >= 0.3 is 0 Å². The van der Waals surface area contributed by atoms with Crippen LogP contribution in [0.2, 0.25) is 0 Å². The summed E-state index contributed by atoms with van der Waals surface area (Å²) < 4.78 is 23.7. The third-order valence-corrected chi connectivity index (χ3v) is 5.53. The number of anilines is 1. The molecule has 0 bridgehead atoms. The third-order valence-electron chi connectivity index (χ3n) is 4.15. The Hall–Kier alpha value is -2.40. The number of amides is 1. The lowest BCUT2D eigenvalue weighted by Crippen LogP contribution is -2.41. The summed E-state index contributed by atoms with van der Waals surface area (Å²) in [4.78, 5) is 14.7. The molecule has 1 heterocycles. The topological polar surface area (TPSA) is 54.5 Å². The van der Waals surface area contributed by atoms with Gasteiger partial charge in [-0.2, -0.15) is 0 Å². The van der Waals surface area contributed by atoms with Crippen molar-refractivity contribution in [1.82, 2.24) is 0 Å². The summed E-state index contributed by atoms with van der Waals surface area (Å²) in [6, 6.07) is 14.4. The Kier molecular flexibility index (Phi) is 4.28. The molecule has 0 unspecified atom stereocenters. The molecule has 4 nitrogen and oxygen atoms in total. The fourth-order valence-electron chi connectivity index (χ4n) is 2.83. The first-order valence-electron chi connectivity index (χ1n) is 7.74. The second-order valence-electron chi connectivity index (χ2n) is 6.05. The van der Waals surface area contributed by atoms with E-state index in [1.165, 1.54) is 5.41 Å². The van der Waals surface area contributed by atoms with Gasteiger partial charge < -0.3 is 4.90 Å². The number of sulfone groups is 1. The third kappa shape index (κ3) is 3.26. The van der Waals surface area contributed by atoms with Crippen LogP contribution in [0, 0.1) is 13.8 Å². The number of aryl methyl sites for hydroxylation is 2. The van der Waals surface area contributed by atoms with Crippen LogP contribution in [-0.2, 0) is 9.84 Å². The Morgan fingerprint density at radius 1 is 1.04 bits per heavy atom. The van der Waals surface area contributed by atoms with Gasteiger partial charge in [0, 0.05) is 16.7 Å². The molecule has 3 rings (SSSR count). The van der Waals surface area contributed by atoms with E-state index < -0.39 is 15.9 Å². The van der Waals surface area contributed by atoms with Gasteiger partial charge in [-0.25, -0.2) is 8.42 Å². The minimum Gasteiger partial charge on any atom is -0.300 e. The maximum absolute atomic E-state index is 13.1. The molecule has 1 amide bonds. The molecule has 0 saturated carbocycles. The van der Waals surface area contributed by atoms with Crippen molar-refractivity contribution in [2.24, 2.45) is 0 Å². The van der Waals surface area contributed by atoms with Gasteiger partial charge in [0.1, 0.15) is 0 Å². The highest BCUT2D eigenvalue weighted by atomic mass is 32.2. The smallest absolute Gasteiger partial charge is 0.259 e. The zero-order valence-corrected chi connectivity index (χ0v) is 14.5. The number of nitrogens with zero attached hydrogens (tertiary/aromatic N) is 1. The van der Waals surface area contributed by atoms with Crippen LogP contribution in [0.5, 0.6) is 0 Å². The average Bonchev–Trinajstić information content (AvgIpc) is 2.89. The number of carbonyl (C=O) groups is 1. The summed E-state index contributed by atoms with van der Waals surface area (Å²) in [5.41, 5.74) is 3.22. The number of hydrogen-bond donors (Lipinski definition) is 0. The van der Waals surface area contributed by atoms with Gasteiger partial charge in [0.05, 0.1) is 11.8 Å². The quantitative estimate of drug-likeness (QED) is 0.861. The summed E-state index contributed by atoms with van der Waals surface area (Å²) in [5, 5.41) is 1.20. The van der Waals surface area contributed by atoms with E-state index in [0.717, 1.165) is 11.1 Å². The van der Waals surface area contributed by atoms with E-state index in [1.807, 2.05) is 56.3 Å². The van der Waals surface area contributed by atoms with Crippen LogP contribution in [0.15, 0.2) is 60.0 Å². The van der Waals surface area contributed by atoms with Gasteiger partial charge in [0.2, 0.25) is 0 Å². The molecule has 1 aliphatic heterocycles. The molecular formula is C19H19NO3S. The molecule has 0 radical (unpaired) electrons. The van der Waals surface area contributed by atoms with E-state index in [4.69, 9.17) is 0 Å². The number of benzene rings is 2. The Morgan fingerprint density at radius 3 is 2.29 bits per heavy atom. The molecule has 24 heavy (non-hydrogen) atoms. The summed E-state index contributed by atoms with van der Waals surface area (Å²) in [7, 11) is -3.26. The maximum atomic E-state index is 13.1. The van der Waals surface area contributed by atoms with Crippen molar-refractivity contribution >= 4 is 21.4 Å². The van der Waals surface area contributed by atoms with E-state index in [2.05, 4.69) is 0 Å². The molecule has 0 aromatic heterocycles. The van der Waals surface area contributed by atoms with Gasteiger partial charge in [-0.15, -0.1) is 0 Å². The second kappa shape index (κ2) is 6.24. The van der Waals surface area contributed by atoms with Gasteiger partial charge in [0.15, 0.2) is 9.84 Å². The molecule has 0 aliphatic carbocycles. The summed E-state index contributed by atoms with van der Waals surface area (Å²) in [5.74, 6) is -0.276. The van der Waals surface area contributed by atoms with Crippen LogP contribution in [0.4, 0.5) is 5.69 Å². The molecule has 2 aromatic carbocycles. The van der Waals surface area contributed by atoms with Crippen molar-refractivity contribution in [1.29, 1.82) is 0 Å². The van der Waals surface area contributed by atoms with Gasteiger partial charge in [-0.1, -0.05) is 35.9 Å². The summed E-state index contributed by atoms with van der Waals surface area (Å²) in [6.45, 7) is 3.85. The number of rotatable bonds is 3. The minimum atomic E-state index is -3.26. The second-order valence-corrected chi connectivity index (χ2v) is 7.98. The fraction of sp³-hybridized carbons (Fsp3) is 0.211. The molecular weight excluding hydrogens is 322 g/mol. The molecule has 0 saturated heterocycles. The van der Waals surface area contributed by atoms with Crippen LogP contribution in [0.3, 0.4) is 0 Å². The number of carbonyl (C=O) groups excluding carboxylic acids is 1. The standard InChI is InChI=1S/C19H19NO3S/c1-14-7-9-16(10-8-14)20(17-11-12-24(22,23)13-17)19(21)18-6-4-3-5-15(18)2/h3-12,17H,13H2,1-2H3/t17-/m0/s1. The normalized spacial score (nSPS) is 18.5. The molecule has 0 spiro atoms. The Balaban J connectivity index is 2.05. The predicted octanol–water partition coefficient (Wildman–Crippen LogP) is 3.26. The van der Waals surface area contributed by atoms with Crippen LogP contribution in [0.1, 0.15) is 21.5 Å². The van der Waals surface area contributed by atoms with Gasteiger partial charge in [0.25, 0.3) is 5.91 Å². The summed E-state index contributed by atoms with van der Waals surface area (Å²) in [6.07, 6.45) is 1.59. The van der Waals surface area contributed by atoms with Crippen molar-refractivity contribution in [2.75, 3.05) is 10.7 Å². The lowest BCUT2D eigenvalue weighted by molar-refractivity contribution is 0.0982. The molecule has 1 aliphatic rings. The largest absolute Gasteiger partial charge is 0.300 e. The van der Waals surface area contributed by atoms with Crippen molar-refractivity contribution in [2.45, 2.75) is 19.9 Å². The highest BCUT2D eigenvalue weighted by Gasteiger charge is 2.32. The first-order chi connectivity index (χ1) is 11.4. The van der Waals surface area contributed by atoms with Crippen LogP contribution in [-0.4, -0.2) is 26.1 Å². The van der Waals surface area contributed by atoms with Crippen LogP contribution >= 0.6 is 0 Å². The lowest BCUT2D eigenvalue weighted by Gasteiger charge is -2.28. The number of hydrogen-bond acceptors (Lipinski definition) is 3. The maximum Gasteiger partial charge on any atom is 0.259 e. The van der Waals surface area contributed by atoms with Crippen molar-refractivity contribution < 1.29 is 13.2 Å². The van der Waals surface area contributed by atoms with Crippen molar-refractivity contribution in [3.05, 3.63) is 76.7 Å². The lowest BCUT2D eigenvalue weighted by atomic mass is 10.1. The highest BCUT2D eigenvalue weighted by molar-refractivity contribution is 7.94. The van der Waals surface area contributed by atoms with Crippen LogP contribution in [0.25, 0.3) is 0 Å². The Bertz CT molecular complexity index is 898. The van der Waals surface area contributed by atoms with Crippen molar-refractivity contribution in [3.8, 4) is 0 Å². The molecule has 1 atom stereocenters. The van der Waals surface area contributed by atoms with Crippen LogP contribution < -0.4 is 4.90 Å². The minimum absolute atomic E-state index is 0.0848. The predicted molar refractivity (Wildman–Crippen MR) is 95.9 cm³/mol. The van der Waals surface area contributed by atoms with E-state index in [9.17, 15) is 13.2 Å². The highest BCUT2D eigenvalue weighted by Crippen LogP contribution is 2.26. The SMILES string of the molecule is Cc1ccc(N(C(=O)c2ccccc2C)[C@H]2C=CS(=O)(=O)C2)cc1. The Labute approximate surface area is 142 Å².